The van der Waals surface area contributed by atoms with Crippen LogP contribution < -0.4 is 8.92 Å². The zero-order valence-electron chi connectivity index (χ0n) is 8.97. The largest absolute Gasteiger partial charge is 1.00 e. The van der Waals surface area contributed by atoms with Crippen molar-refractivity contribution in [3.63, 3.8) is 0 Å². The third kappa shape index (κ3) is 5.27. The van der Waals surface area contributed by atoms with Gasteiger partial charge in [0.1, 0.15) is 0 Å². The van der Waals surface area contributed by atoms with Crippen molar-refractivity contribution >= 4 is 38.8 Å². The standard InChI is InChI=1S/C14H11Se2.Cu/c1-12(15-13-8-4-2-5-9-13)16-14-10-6-3-7-11-14;/h1-11H;/q-1;+1. The summed E-state index contributed by atoms with van der Waals surface area (Å²) in [5, 5.41) is 0. The minimum Gasteiger partial charge on any atom is 1.00 e. The van der Waals surface area contributed by atoms with E-state index in [2.05, 4.69) is 48.5 Å². The summed E-state index contributed by atoms with van der Waals surface area (Å²) in [6, 6.07) is 20.9. The molecular formula is C14H11CuSe2. The van der Waals surface area contributed by atoms with Gasteiger partial charge in [-0.1, -0.05) is 0 Å². The molecule has 0 bridgehead atoms. The smallest absolute Gasteiger partial charge is 1.00 e. The van der Waals surface area contributed by atoms with Crippen LogP contribution in [0.2, 0.25) is 0 Å². The van der Waals surface area contributed by atoms with Crippen molar-refractivity contribution in [3.05, 3.63) is 70.6 Å². The van der Waals surface area contributed by atoms with Gasteiger partial charge in [-0.05, 0) is 0 Å². The molecule has 90 valence electrons. The fourth-order valence-corrected chi connectivity index (χ4v) is 6.08. The van der Waals surface area contributed by atoms with E-state index in [0.29, 0.717) is 29.9 Å². The Hall–Kier alpha value is -0.262. The summed E-state index contributed by atoms with van der Waals surface area (Å²) in [5.41, 5.74) is 0. The normalized spacial score (nSPS) is 9.41. The second kappa shape index (κ2) is 7.95. The van der Waals surface area contributed by atoms with Crippen molar-refractivity contribution in [1.82, 2.24) is 0 Å². The minimum atomic E-state index is 0. The van der Waals surface area contributed by atoms with Crippen LogP contribution in [0.1, 0.15) is 0 Å². The first-order valence-electron chi connectivity index (χ1n) is 4.93. The molecule has 0 unspecified atom stereocenters. The molecule has 0 aliphatic carbocycles. The Balaban J connectivity index is 0.00000144. The van der Waals surface area contributed by atoms with Crippen LogP contribution in [0.15, 0.2) is 64.0 Å². The summed E-state index contributed by atoms with van der Waals surface area (Å²) in [6.45, 7) is 6.11. The van der Waals surface area contributed by atoms with Gasteiger partial charge in [0.15, 0.2) is 0 Å². The van der Waals surface area contributed by atoms with Crippen molar-refractivity contribution in [1.29, 1.82) is 0 Å². The van der Waals surface area contributed by atoms with Crippen LogP contribution in [0, 0.1) is 6.58 Å². The fraction of sp³-hybridized carbons (Fsp3) is 0. The van der Waals surface area contributed by atoms with E-state index in [1.165, 1.54) is 8.92 Å². The second-order valence-electron chi connectivity index (χ2n) is 3.15. The van der Waals surface area contributed by atoms with E-state index < -0.39 is 0 Å². The molecular weight excluding hydrogens is 390 g/mol. The van der Waals surface area contributed by atoms with Crippen LogP contribution in [0.5, 0.6) is 0 Å². The van der Waals surface area contributed by atoms with Crippen molar-refractivity contribution in [2.45, 2.75) is 0 Å². The molecule has 0 fully saturated rings. The third-order valence-electron chi connectivity index (χ3n) is 1.92. The molecule has 2 aromatic carbocycles. The van der Waals surface area contributed by atoms with Crippen molar-refractivity contribution in [2.24, 2.45) is 0 Å². The molecule has 0 aromatic heterocycles. The van der Waals surface area contributed by atoms with Gasteiger partial charge in [0.05, 0.1) is 0 Å². The van der Waals surface area contributed by atoms with Crippen LogP contribution >= 0.6 is 0 Å². The van der Waals surface area contributed by atoms with Crippen molar-refractivity contribution in [2.75, 3.05) is 0 Å². The number of rotatable bonds is 4. The van der Waals surface area contributed by atoms with Gasteiger partial charge in [0, 0.05) is 0 Å². The molecule has 0 N–H and O–H groups in total. The quantitative estimate of drug-likeness (QED) is 0.536. The van der Waals surface area contributed by atoms with Crippen LogP contribution in [0.25, 0.3) is 0 Å². The van der Waals surface area contributed by atoms with Crippen LogP contribution in [-0.2, 0) is 17.1 Å². The summed E-state index contributed by atoms with van der Waals surface area (Å²) in [4.78, 5) is 0. The zero-order valence-corrected chi connectivity index (χ0v) is 13.3. The molecule has 0 radical (unpaired) electrons. The summed E-state index contributed by atoms with van der Waals surface area (Å²) >= 11 is 0.605. The first-order chi connectivity index (χ1) is 7.84. The Morgan fingerprint density at radius 2 is 1.06 bits per heavy atom. The molecule has 0 aliphatic heterocycles. The third-order valence-corrected chi connectivity index (χ3v) is 6.72. The summed E-state index contributed by atoms with van der Waals surface area (Å²) in [6.07, 6.45) is 0. The maximum atomic E-state index is 6.11. The zero-order chi connectivity index (χ0) is 11.2. The Labute approximate surface area is 126 Å². The number of hydrogen-bond donors (Lipinski definition) is 0. The topological polar surface area (TPSA) is 0 Å². The van der Waals surface area contributed by atoms with Gasteiger partial charge in [0.25, 0.3) is 0 Å². The molecule has 0 amide bonds. The molecule has 2 rings (SSSR count). The Bertz CT molecular complexity index is 411. The molecule has 0 saturated heterocycles. The Kier molecular flexibility index (Phi) is 6.92. The van der Waals surface area contributed by atoms with Gasteiger partial charge in [-0.25, -0.2) is 0 Å². The molecule has 0 saturated carbocycles. The van der Waals surface area contributed by atoms with Gasteiger partial charge in [-0.2, -0.15) is 0 Å². The summed E-state index contributed by atoms with van der Waals surface area (Å²) in [5.74, 6) is 0. The predicted octanol–water partition coefficient (Wildman–Crippen LogP) is 1.32. The Morgan fingerprint density at radius 3 is 1.41 bits per heavy atom. The van der Waals surface area contributed by atoms with Gasteiger partial charge in [-0.15, -0.1) is 0 Å². The minimum absolute atomic E-state index is 0. The van der Waals surface area contributed by atoms with Gasteiger partial charge in [-0.3, -0.25) is 0 Å². The molecule has 0 atom stereocenters. The number of hydrogen-bond acceptors (Lipinski definition) is 0. The Morgan fingerprint density at radius 1 is 0.706 bits per heavy atom. The van der Waals surface area contributed by atoms with Crippen molar-refractivity contribution < 1.29 is 17.1 Å². The summed E-state index contributed by atoms with van der Waals surface area (Å²) < 4.78 is 3.84. The van der Waals surface area contributed by atoms with E-state index in [9.17, 15) is 0 Å². The molecule has 2 aromatic rings. The fourth-order valence-electron chi connectivity index (χ4n) is 1.23. The van der Waals surface area contributed by atoms with Crippen LogP contribution in [0.3, 0.4) is 0 Å². The molecule has 0 spiro atoms. The predicted molar refractivity (Wildman–Crippen MR) is 71.5 cm³/mol. The maximum absolute atomic E-state index is 6.11. The van der Waals surface area contributed by atoms with E-state index in [1.807, 2.05) is 12.1 Å². The number of benzene rings is 2. The van der Waals surface area contributed by atoms with Crippen molar-refractivity contribution in [3.8, 4) is 0 Å². The van der Waals surface area contributed by atoms with Crippen LogP contribution in [0.4, 0.5) is 0 Å². The first-order valence-corrected chi connectivity index (χ1v) is 8.35. The monoisotopic (exact) mass is 402 g/mol. The van der Waals surface area contributed by atoms with Gasteiger partial charge < -0.3 is 0 Å². The first kappa shape index (κ1) is 14.8. The van der Waals surface area contributed by atoms with E-state index in [4.69, 9.17) is 6.58 Å². The molecule has 17 heavy (non-hydrogen) atoms. The van der Waals surface area contributed by atoms with E-state index >= 15 is 0 Å². The molecule has 3 heteroatoms. The van der Waals surface area contributed by atoms with E-state index in [-0.39, 0.29) is 17.1 Å². The van der Waals surface area contributed by atoms with Gasteiger partial charge in [0.2, 0.25) is 0 Å². The molecule has 0 heterocycles. The average Bonchev–Trinajstić information content (AvgIpc) is 2.31. The maximum Gasteiger partial charge on any atom is 1.00 e. The summed E-state index contributed by atoms with van der Waals surface area (Å²) in [7, 11) is 0. The van der Waals surface area contributed by atoms with Gasteiger partial charge >= 0.3 is 127 Å². The average molecular weight is 401 g/mol. The molecule has 0 nitrogen and oxygen atoms in total. The molecule has 0 aliphatic rings. The van der Waals surface area contributed by atoms with E-state index in [1.54, 1.807) is 0 Å². The van der Waals surface area contributed by atoms with E-state index in [0.717, 1.165) is 3.37 Å². The SMILES string of the molecule is [CH-]=C([Se]c1ccccc1)[Se]c1ccccc1.[Cu+]. The second-order valence-corrected chi connectivity index (χ2v) is 9.14. The van der Waals surface area contributed by atoms with Crippen LogP contribution in [-0.4, -0.2) is 29.9 Å².